The Morgan fingerprint density at radius 3 is 2.19 bits per heavy atom. The van der Waals surface area contributed by atoms with Crippen LogP contribution in [-0.2, 0) is 16.1 Å². The first kappa shape index (κ1) is 22.3. The molecule has 8 heteroatoms. The predicted molar refractivity (Wildman–Crippen MR) is 114 cm³/mol. The Labute approximate surface area is 181 Å². The molecular formula is C23H27N3O5. The van der Waals surface area contributed by atoms with Crippen LogP contribution in [0.1, 0.15) is 22.3 Å². The second-order valence-electron chi connectivity index (χ2n) is 7.28. The van der Waals surface area contributed by atoms with E-state index in [1.54, 1.807) is 40.1 Å². The minimum Gasteiger partial charge on any atom is -0.445 e. The quantitative estimate of drug-likeness (QED) is 0.733. The molecule has 31 heavy (non-hydrogen) atoms. The summed E-state index contributed by atoms with van der Waals surface area (Å²) < 4.78 is 5.38. The zero-order valence-electron chi connectivity index (χ0n) is 17.3. The standard InChI is InChI=1S/C23H27N3O5/c27-16-20(24-21(28)19-10-5-2-6-11-19)22(29)25-12-7-13-26(15-14-25)23(30)31-17-18-8-3-1-4-9-18/h1-6,8-11,20,27H,7,12-17H2,(H,24,28)/t20-/m0/s1. The maximum atomic E-state index is 12.9. The van der Waals surface area contributed by atoms with Crippen LogP contribution in [-0.4, -0.2) is 71.6 Å². The Bertz CT molecular complexity index is 875. The van der Waals surface area contributed by atoms with E-state index in [1.165, 1.54) is 0 Å². The van der Waals surface area contributed by atoms with Gasteiger partial charge in [0.15, 0.2) is 0 Å². The molecule has 2 N–H and O–H groups in total. The van der Waals surface area contributed by atoms with Crippen molar-refractivity contribution in [1.82, 2.24) is 15.1 Å². The zero-order valence-corrected chi connectivity index (χ0v) is 17.3. The number of aliphatic hydroxyl groups is 1. The molecule has 0 saturated carbocycles. The highest BCUT2D eigenvalue weighted by molar-refractivity contribution is 5.97. The molecule has 1 atom stereocenters. The molecule has 0 radical (unpaired) electrons. The highest BCUT2D eigenvalue weighted by atomic mass is 16.6. The lowest BCUT2D eigenvalue weighted by molar-refractivity contribution is -0.134. The Balaban J connectivity index is 1.51. The van der Waals surface area contributed by atoms with Crippen molar-refractivity contribution in [3.8, 4) is 0 Å². The van der Waals surface area contributed by atoms with Crippen molar-refractivity contribution in [2.75, 3.05) is 32.8 Å². The van der Waals surface area contributed by atoms with Gasteiger partial charge in [0.2, 0.25) is 5.91 Å². The van der Waals surface area contributed by atoms with Gasteiger partial charge in [0.05, 0.1) is 6.61 Å². The van der Waals surface area contributed by atoms with E-state index in [1.807, 2.05) is 30.3 Å². The second-order valence-corrected chi connectivity index (χ2v) is 7.28. The van der Waals surface area contributed by atoms with Gasteiger partial charge in [-0.25, -0.2) is 4.79 Å². The van der Waals surface area contributed by atoms with Gasteiger partial charge in [-0.3, -0.25) is 9.59 Å². The molecule has 1 aliphatic rings. The first-order valence-corrected chi connectivity index (χ1v) is 10.3. The van der Waals surface area contributed by atoms with Gasteiger partial charge in [0.1, 0.15) is 12.6 Å². The number of amides is 3. The van der Waals surface area contributed by atoms with Gasteiger partial charge in [0.25, 0.3) is 5.91 Å². The van der Waals surface area contributed by atoms with E-state index in [0.29, 0.717) is 38.2 Å². The summed E-state index contributed by atoms with van der Waals surface area (Å²) in [5.74, 6) is -0.791. The van der Waals surface area contributed by atoms with Crippen LogP contribution in [0.25, 0.3) is 0 Å². The third-order valence-electron chi connectivity index (χ3n) is 5.09. The average molecular weight is 425 g/mol. The number of carbonyl (C=O) groups excluding carboxylic acids is 3. The summed E-state index contributed by atoms with van der Waals surface area (Å²) in [6, 6.07) is 16.9. The van der Waals surface area contributed by atoms with E-state index < -0.39 is 24.6 Å². The van der Waals surface area contributed by atoms with Gasteiger partial charge < -0.3 is 25.0 Å². The smallest absolute Gasteiger partial charge is 0.410 e. The summed E-state index contributed by atoms with van der Waals surface area (Å²) >= 11 is 0. The predicted octanol–water partition coefficient (Wildman–Crippen LogP) is 1.65. The lowest BCUT2D eigenvalue weighted by Crippen LogP contribution is -2.51. The van der Waals surface area contributed by atoms with Gasteiger partial charge in [0, 0.05) is 31.7 Å². The number of rotatable bonds is 6. The SMILES string of the molecule is O=C(N[C@@H](CO)C(=O)N1CCCN(C(=O)OCc2ccccc2)CC1)c1ccccc1. The molecule has 3 rings (SSSR count). The van der Waals surface area contributed by atoms with Crippen molar-refractivity contribution in [2.24, 2.45) is 0 Å². The summed E-state index contributed by atoms with van der Waals surface area (Å²) in [7, 11) is 0. The number of nitrogens with zero attached hydrogens (tertiary/aromatic N) is 2. The number of benzene rings is 2. The van der Waals surface area contributed by atoms with Gasteiger partial charge >= 0.3 is 6.09 Å². The summed E-state index contributed by atoms with van der Waals surface area (Å²) in [6.45, 7) is 1.21. The molecule has 0 aromatic heterocycles. The lowest BCUT2D eigenvalue weighted by Gasteiger charge is -2.26. The van der Waals surface area contributed by atoms with E-state index in [0.717, 1.165) is 5.56 Å². The van der Waals surface area contributed by atoms with Crippen LogP contribution >= 0.6 is 0 Å². The van der Waals surface area contributed by atoms with Crippen molar-refractivity contribution in [3.63, 3.8) is 0 Å². The summed E-state index contributed by atoms with van der Waals surface area (Å²) in [5, 5.41) is 12.3. The first-order chi connectivity index (χ1) is 15.1. The van der Waals surface area contributed by atoms with Gasteiger partial charge in [-0.1, -0.05) is 48.5 Å². The molecule has 1 aliphatic heterocycles. The topological polar surface area (TPSA) is 99.2 Å². The number of hydrogen-bond donors (Lipinski definition) is 2. The monoisotopic (exact) mass is 425 g/mol. The molecule has 0 spiro atoms. The van der Waals surface area contributed by atoms with Crippen LogP contribution in [0.4, 0.5) is 4.79 Å². The van der Waals surface area contributed by atoms with E-state index in [4.69, 9.17) is 4.74 Å². The summed E-state index contributed by atoms with van der Waals surface area (Å²) in [6.07, 6.45) is 0.158. The van der Waals surface area contributed by atoms with Crippen LogP contribution in [0.2, 0.25) is 0 Å². The van der Waals surface area contributed by atoms with Crippen LogP contribution in [0.3, 0.4) is 0 Å². The molecule has 0 unspecified atom stereocenters. The molecule has 3 amide bonds. The highest BCUT2D eigenvalue weighted by Crippen LogP contribution is 2.09. The first-order valence-electron chi connectivity index (χ1n) is 10.3. The Hall–Kier alpha value is -3.39. The van der Waals surface area contributed by atoms with Gasteiger partial charge in [-0.15, -0.1) is 0 Å². The largest absolute Gasteiger partial charge is 0.445 e. The van der Waals surface area contributed by atoms with Crippen molar-refractivity contribution in [2.45, 2.75) is 19.1 Å². The van der Waals surface area contributed by atoms with Gasteiger partial charge in [-0.2, -0.15) is 0 Å². The highest BCUT2D eigenvalue weighted by Gasteiger charge is 2.28. The molecular weight excluding hydrogens is 398 g/mol. The van der Waals surface area contributed by atoms with Gasteiger partial charge in [-0.05, 0) is 24.1 Å². The number of carbonyl (C=O) groups is 3. The molecule has 1 heterocycles. The van der Waals surface area contributed by atoms with E-state index in [2.05, 4.69) is 5.32 Å². The normalized spacial score (nSPS) is 15.0. The van der Waals surface area contributed by atoms with Crippen molar-refractivity contribution in [1.29, 1.82) is 0 Å². The third kappa shape index (κ3) is 6.29. The lowest BCUT2D eigenvalue weighted by atomic mass is 10.2. The van der Waals surface area contributed by atoms with Crippen molar-refractivity contribution in [3.05, 3.63) is 71.8 Å². The number of hydrogen-bond acceptors (Lipinski definition) is 5. The molecule has 1 saturated heterocycles. The average Bonchev–Trinajstić information content (AvgIpc) is 3.08. The van der Waals surface area contributed by atoms with E-state index in [9.17, 15) is 19.5 Å². The minimum atomic E-state index is -1.04. The fraction of sp³-hybridized carbons (Fsp3) is 0.348. The number of aliphatic hydroxyl groups excluding tert-OH is 1. The Morgan fingerprint density at radius 2 is 1.52 bits per heavy atom. The fourth-order valence-electron chi connectivity index (χ4n) is 3.37. The maximum Gasteiger partial charge on any atom is 0.410 e. The molecule has 0 bridgehead atoms. The second kappa shape index (κ2) is 11.1. The minimum absolute atomic E-state index is 0.191. The molecule has 0 aliphatic carbocycles. The number of nitrogens with one attached hydrogen (secondary N) is 1. The molecule has 1 fully saturated rings. The summed E-state index contributed by atoms with van der Waals surface area (Å²) in [5.41, 5.74) is 1.32. The number of ether oxygens (including phenoxy) is 1. The Kier molecular flexibility index (Phi) is 8.00. The van der Waals surface area contributed by atoms with E-state index in [-0.39, 0.29) is 12.5 Å². The molecule has 2 aromatic rings. The van der Waals surface area contributed by atoms with Crippen LogP contribution in [0, 0.1) is 0 Å². The summed E-state index contributed by atoms with van der Waals surface area (Å²) in [4.78, 5) is 40.7. The molecule has 8 nitrogen and oxygen atoms in total. The zero-order chi connectivity index (χ0) is 22.1. The maximum absolute atomic E-state index is 12.9. The van der Waals surface area contributed by atoms with E-state index >= 15 is 0 Å². The molecule has 164 valence electrons. The fourth-order valence-corrected chi connectivity index (χ4v) is 3.37. The van der Waals surface area contributed by atoms with Crippen LogP contribution in [0.5, 0.6) is 0 Å². The Morgan fingerprint density at radius 1 is 0.903 bits per heavy atom. The van der Waals surface area contributed by atoms with Crippen molar-refractivity contribution >= 4 is 17.9 Å². The van der Waals surface area contributed by atoms with Crippen LogP contribution in [0.15, 0.2) is 60.7 Å². The third-order valence-corrected chi connectivity index (χ3v) is 5.09. The molecule has 2 aromatic carbocycles. The van der Waals surface area contributed by atoms with Crippen LogP contribution < -0.4 is 5.32 Å². The van der Waals surface area contributed by atoms with Crippen molar-refractivity contribution < 1.29 is 24.2 Å².